The van der Waals surface area contributed by atoms with Crippen LogP contribution < -0.4 is 5.32 Å². The van der Waals surface area contributed by atoms with Crippen molar-refractivity contribution in [2.24, 2.45) is 0 Å². The SMILES string of the molecule is Cc1ccc(NC(=O)c2ccc(Cl)cc2F)cc1O. The van der Waals surface area contributed by atoms with Gasteiger partial charge in [0.15, 0.2) is 0 Å². The van der Waals surface area contributed by atoms with Crippen LogP contribution in [0.3, 0.4) is 0 Å². The van der Waals surface area contributed by atoms with E-state index in [9.17, 15) is 14.3 Å². The van der Waals surface area contributed by atoms with Crippen LogP contribution in [-0.2, 0) is 0 Å². The Morgan fingerprint density at radius 1 is 1.26 bits per heavy atom. The molecular formula is C14H11ClFNO2. The van der Waals surface area contributed by atoms with Gasteiger partial charge in [-0.25, -0.2) is 4.39 Å². The predicted octanol–water partition coefficient (Wildman–Crippen LogP) is 3.75. The first-order valence-electron chi connectivity index (χ1n) is 5.53. The average Bonchev–Trinajstić information content (AvgIpc) is 2.33. The van der Waals surface area contributed by atoms with E-state index in [2.05, 4.69) is 5.32 Å². The van der Waals surface area contributed by atoms with Crippen LogP contribution in [0.4, 0.5) is 10.1 Å². The van der Waals surface area contributed by atoms with Crippen LogP contribution in [0.1, 0.15) is 15.9 Å². The van der Waals surface area contributed by atoms with Crippen molar-refractivity contribution in [3.05, 3.63) is 58.4 Å². The van der Waals surface area contributed by atoms with Crippen molar-refractivity contribution in [1.82, 2.24) is 0 Å². The molecule has 0 atom stereocenters. The first kappa shape index (κ1) is 13.4. The maximum Gasteiger partial charge on any atom is 0.258 e. The molecule has 19 heavy (non-hydrogen) atoms. The van der Waals surface area contributed by atoms with Gasteiger partial charge in [0.1, 0.15) is 11.6 Å². The summed E-state index contributed by atoms with van der Waals surface area (Å²) < 4.78 is 13.6. The van der Waals surface area contributed by atoms with Gasteiger partial charge < -0.3 is 10.4 Å². The van der Waals surface area contributed by atoms with Crippen LogP contribution in [0.5, 0.6) is 5.75 Å². The minimum atomic E-state index is -0.693. The second-order valence-electron chi connectivity index (χ2n) is 4.08. The number of amides is 1. The maximum absolute atomic E-state index is 13.6. The van der Waals surface area contributed by atoms with E-state index < -0.39 is 11.7 Å². The highest BCUT2D eigenvalue weighted by Crippen LogP contribution is 2.22. The molecule has 0 saturated heterocycles. The molecule has 0 fully saturated rings. The number of phenolic OH excluding ortho intramolecular Hbond substituents is 1. The molecule has 0 aliphatic carbocycles. The van der Waals surface area contributed by atoms with Crippen molar-refractivity contribution in [3.8, 4) is 5.75 Å². The molecule has 0 aliphatic heterocycles. The largest absolute Gasteiger partial charge is 0.508 e. The smallest absolute Gasteiger partial charge is 0.258 e. The Balaban J connectivity index is 2.23. The van der Waals surface area contributed by atoms with Gasteiger partial charge >= 0.3 is 0 Å². The van der Waals surface area contributed by atoms with E-state index in [0.29, 0.717) is 11.3 Å². The molecule has 0 heterocycles. The lowest BCUT2D eigenvalue weighted by molar-refractivity contribution is 0.102. The summed E-state index contributed by atoms with van der Waals surface area (Å²) in [5.74, 6) is -1.23. The topological polar surface area (TPSA) is 49.3 Å². The number of rotatable bonds is 2. The minimum absolute atomic E-state index is 0.0642. The fourth-order valence-corrected chi connectivity index (χ4v) is 1.72. The van der Waals surface area contributed by atoms with Gasteiger partial charge in [-0.1, -0.05) is 17.7 Å². The molecular weight excluding hydrogens is 269 g/mol. The Morgan fingerprint density at radius 3 is 2.63 bits per heavy atom. The van der Waals surface area contributed by atoms with Crippen LogP contribution in [-0.4, -0.2) is 11.0 Å². The zero-order valence-electron chi connectivity index (χ0n) is 10.1. The lowest BCUT2D eigenvalue weighted by atomic mass is 10.1. The van der Waals surface area contributed by atoms with Gasteiger partial charge in [-0.05, 0) is 36.8 Å². The average molecular weight is 280 g/mol. The van der Waals surface area contributed by atoms with Gasteiger partial charge in [-0.15, -0.1) is 0 Å². The third-order valence-corrected chi connectivity index (χ3v) is 2.88. The van der Waals surface area contributed by atoms with Crippen molar-refractivity contribution in [2.45, 2.75) is 6.92 Å². The maximum atomic E-state index is 13.6. The highest BCUT2D eigenvalue weighted by atomic mass is 35.5. The Hall–Kier alpha value is -2.07. The van der Waals surface area contributed by atoms with E-state index in [-0.39, 0.29) is 16.3 Å². The Labute approximate surface area is 114 Å². The molecule has 3 nitrogen and oxygen atoms in total. The van der Waals surface area contributed by atoms with Crippen molar-refractivity contribution < 1.29 is 14.3 Å². The standard InChI is InChI=1S/C14H11ClFNO2/c1-8-2-4-10(7-13(8)18)17-14(19)11-5-3-9(15)6-12(11)16/h2-7,18H,1H3,(H,17,19). The lowest BCUT2D eigenvalue weighted by Crippen LogP contribution is -2.13. The number of nitrogens with one attached hydrogen (secondary N) is 1. The molecule has 0 aliphatic rings. The fourth-order valence-electron chi connectivity index (χ4n) is 1.56. The third kappa shape index (κ3) is 3.03. The van der Waals surface area contributed by atoms with E-state index in [1.54, 1.807) is 19.1 Å². The normalized spacial score (nSPS) is 10.3. The number of aromatic hydroxyl groups is 1. The molecule has 0 bridgehead atoms. The molecule has 98 valence electrons. The molecule has 0 spiro atoms. The third-order valence-electron chi connectivity index (χ3n) is 2.64. The number of anilines is 1. The minimum Gasteiger partial charge on any atom is -0.508 e. The molecule has 2 N–H and O–H groups in total. The van der Waals surface area contributed by atoms with Crippen LogP contribution in [0.15, 0.2) is 36.4 Å². The first-order valence-corrected chi connectivity index (χ1v) is 5.91. The summed E-state index contributed by atoms with van der Waals surface area (Å²) in [5, 5.41) is 12.3. The number of aryl methyl sites for hydroxylation is 1. The number of halogens is 2. The number of phenols is 1. The Morgan fingerprint density at radius 2 is 2.00 bits per heavy atom. The van der Waals surface area contributed by atoms with E-state index in [0.717, 1.165) is 6.07 Å². The van der Waals surface area contributed by atoms with Crippen LogP contribution in [0, 0.1) is 12.7 Å². The Bertz CT molecular complexity index is 643. The molecule has 2 aromatic rings. The highest BCUT2D eigenvalue weighted by molar-refractivity contribution is 6.30. The zero-order chi connectivity index (χ0) is 14.0. The molecule has 5 heteroatoms. The fraction of sp³-hybridized carbons (Fsp3) is 0.0714. The van der Waals surface area contributed by atoms with Crippen LogP contribution in [0.25, 0.3) is 0 Å². The van der Waals surface area contributed by atoms with Gasteiger partial charge in [0, 0.05) is 16.8 Å². The summed E-state index contributed by atoms with van der Waals surface area (Å²) in [7, 11) is 0. The summed E-state index contributed by atoms with van der Waals surface area (Å²) in [6.07, 6.45) is 0. The second-order valence-corrected chi connectivity index (χ2v) is 4.52. The van der Waals surface area contributed by atoms with Crippen LogP contribution >= 0.6 is 11.6 Å². The van der Waals surface area contributed by atoms with E-state index in [1.807, 2.05) is 0 Å². The lowest BCUT2D eigenvalue weighted by Gasteiger charge is -2.07. The van der Waals surface area contributed by atoms with Gasteiger partial charge in [-0.3, -0.25) is 4.79 Å². The summed E-state index contributed by atoms with van der Waals surface area (Å²) in [6.45, 7) is 1.74. The zero-order valence-corrected chi connectivity index (χ0v) is 10.8. The predicted molar refractivity (Wildman–Crippen MR) is 72.2 cm³/mol. The van der Waals surface area contributed by atoms with Crippen molar-refractivity contribution in [3.63, 3.8) is 0 Å². The van der Waals surface area contributed by atoms with Gasteiger partial charge in [0.25, 0.3) is 5.91 Å². The second kappa shape index (κ2) is 5.28. The summed E-state index contributed by atoms with van der Waals surface area (Å²) in [5.41, 5.74) is 0.975. The molecule has 1 amide bonds. The molecule has 0 unspecified atom stereocenters. The van der Waals surface area contributed by atoms with E-state index in [1.165, 1.54) is 18.2 Å². The molecule has 0 aromatic heterocycles. The van der Waals surface area contributed by atoms with Crippen molar-refractivity contribution in [1.29, 1.82) is 0 Å². The van der Waals surface area contributed by atoms with E-state index in [4.69, 9.17) is 11.6 Å². The van der Waals surface area contributed by atoms with Crippen molar-refractivity contribution in [2.75, 3.05) is 5.32 Å². The quantitative estimate of drug-likeness (QED) is 0.880. The number of carbonyl (C=O) groups is 1. The number of hydrogen-bond donors (Lipinski definition) is 2. The summed E-state index contributed by atoms with van der Waals surface area (Å²) in [6, 6.07) is 8.50. The Kier molecular flexibility index (Phi) is 3.71. The molecule has 2 aromatic carbocycles. The van der Waals surface area contributed by atoms with Gasteiger partial charge in [-0.2, -0.15) is 0 Å². The molecule has 0 saturated carbocycles. The van der Waals surface area contributed by atoms with E-state index >= 15 is 0 Å². The molecule has 2 rings (SSSR count). The number of carbonyl (C=O) groups excluding carboxylic acids is 1. The van der Waals surface area contributed by atoms with Crippen molar-refractivity contribution >= 4 is 23.2 Å². The summed E-state index contributed by atoms with van der Waals surface area (Å²) >= 11 is 5.62. The number of hydrogen-bond acceptors (Lipinski definition) is 2. The van der Waals surface area contributed by atoms with Gasteiger partial charge in [0.05, 0.1) is 5.56 Å². The first-order chi connectivity index (χ1) is 8.97. The summed E-state index contributed by atoms with van der Waals surface area (Å²) in [4.78, 5) is 11.9. The van der Waals surface area contributed by atoms with Gasteiger partial charge in [0.2, 0.25) is 0 Å². The molecule has 0 radical (unpaired) electrons. The van der Waals surface area contributed by atoms with Crippen LogP contribution in [0.2, 0.25) is 5.02 Å². The monoisotopic (exact) mass is 279 g/mol. The highest BCUT2D eigenvalue weighted by Gasteiger charge is 2.12. The number of benzene rings is 2.